The molecule has 0 spiro atoms. The van der Waals surface area contributed by atoms with E-state index in [1.807, 2.05) is 0 Å². The molecule has 1 aromatic rings. The van der Waals surface area contributed by atoms with Crippen LogP contribution >= 0.6 is 0 Å². The van der Waals surface area contributed by atoms with E-state index in [9.17, 15) is 8.78 Å². The van der Waals surface area contributed by atoms with E-state index in [1.54, 1.807) is 0 Å². The van der Waals surface area contributed by atoms with Gasteiger partial charge in [0.1, 0.15) is 12.3 Å². The van der Waals surface area contributed by atoms with E-state index in [0.29, 0.717) is 18.0 Å². The van der Waals surface area contributed by atoms with Crippen LogP contribution in [-0.4, -0.2) is 43.8 Å². The zero-order valence-corrected chi connectivity index (χ0v) is 11.3. The molecule has 114 valence electrons. The Bertz CT molecular complexity index is 409. The summed E-state index contributed by atoms with van der Waals surface area (Å²) in [5.74, 6) is 5.98. The van der Waals surface area contributed by atoms with E-state index in [0.717, 1.165) is 0 Å². The third-order valence-electron chi connectivity index (χ3n) is 2.47. The standard InChI is InChI=1S/C11H18F2N4O3/c1-18-9-5-15-10(11(16-9)19-2)7(17-14)3-4-20-6-8(12)13/h5,7-8,17H,3-4,6,14H2,1-2H3. The predicted molar refractivity (Wildman–Crippen MR) is 66.6 cm³/mol. The first-order valence-electron chi connectivity index (χ1n) is 5.89. The maximum atomic E-state index is 11.9. The molecule has 3 N–H and O–H groups in total. The molecule has 0 aliphatic heterocycles. The molecular weight excluding hydrogens is 274 g/mol. The van der Waals surface area contributed by atoms with Gasteiger partial charge in [-0.25, -0.2) is 13.8 Å². The molecule has 1 atom stereocenters. The molecule has 1 rings (SSSR count). The van der Waals surface area contributed by atoms with Crippen molar-refractivity contribution in [3.05, 3.63) is 11.9 Å². The molecule has 0 saturated heterocycles. The maximum Gasteiger partial charge on any atom is 0.261 e. The van der Waals surface area contributed by atoms with Crippen LogP contribution in [0.1, 0.15) is 18.2 Å². The summed E-state index contributed by atoms with van der Waals surface area (Å²) in [5.41, 5.74) is 2.98. The number of hydrogen-bond acceptors (Lipinski definition) is 7. The highest BCUT2D eigenvalue weighted by Crippen LogP contribution is 2.24. The quantitative estimate of drug-likeness (QED) is 0.392. The molecule has 1 unspecified atom stereocenters. The second-order valence-corrected chi connectivity index (χ2v) is 3.78. The van der Waals surface area contributed by atoms with Crippen LogP contribution in [0, 0.1) is 0 Å². The highest BCUT2D eigenvalue weighted by atomic mass is 19.3. The van der Waals surface area contributed by atoms with Crippen molar-refractivity contribution >= 4 is 0 Å². The summed E-state index contributed by atoms with van der Waals surface area (Å²) in [6.45, 7) is -0.501. The summed E-state index contributed by atoms with van der Waals surface area (Å²) in [5, 5.41) is 0. The molecule has 0 aromatic carbocycles. The zero-order chi connectivity index (χ0) is 15.0. The Balaban J connectivity index is 2.68. The molecule has 0 bridgehead atoms. The SMILES string of the molecule is COc1cnc(C(CCOCC(F)F)NN)c(OC)n1. The lowest BCUT2D eigenvalue weighted by Gasteiger charge is -2.17. The first-order chi connectivity index (χ1) is 9.62. The fraction of sp³-hybridized carbons (Fsp3) is 0.636. The molecule has 0 aliphatic carbocycles. The molecule has 1 aromatic heterocycles. The van der Waals surface area contributed by atoms with Crippen LogP contribution in [0.2, 0.25) is 0 Å². The Labute approximate surface area is 115 Å². The van der Waals surface area contributed by atoms with Gasteiger partial charge >= 0.3 is 0 Å². The molecular formula is C11H18F2N4O3. The van der Waals surface area contributed by atoms with E-state index in [-0.39, 0.29) is 12.5 Å². The summed E-state index contributed by atoms with van der Waals surface area (Å²) < 4.78 is 38.7. The molecule has 0 aliphatic rings. The van der Waals surface area contributed by atoms with Crippen molar-refractivity contribution in [3.8, 4) is 11.8 Å². The topological polar surface area (TPSA) is 91.5 Å². The summed E-state index contributed by atoms with van der Waals surface area (Å²) >= 11 is 0. The Hall–Kier alpha value is -1.58. The fourth-order valence-electron chi connectivity index (χ4n) is 1.53. The first-order valence-corrected chi connectivity index (χ1v) is 5.89. The molecule has 7 nitrogen and oxygen atoms in total. The van der Waals surface area contributed by atoms with Crippen molar-refractivity contribution in [2.75, 3.05) is 27.4 Å². The van der Waals surface area contributed by atoms with Gasteiger partial charge in [0.05, 0.1) is 26.5 Å². The minimum absolute atomic E-state index is 0.107. The second kappa shape index (κ2) is 8.56. The van der Waals surface area contributed by atoms with Gasteiger partial charge in [-0.05, 0) is 6.42 Å². The van der Waals surface area contributed by atoms with Gasteiger partial charge in [-0.15, -0.1) is 0 Å². The third-order valence-corrected chi connectivity index (χ3v) is 2.47. The van der Waals surface area contributed by atoms with Gasteiger partial charge in [-0.3, -0.25) is 11.3 Å². The van der Waals surface area contributed by atoms with Crippen LogP contribution in [0.25, 0.3) is 0 Å². The van der Waals surface area contributed by atoms with Crippen molar-refractivity contribution in [1.82, 2.24) is 15.4 Å². The highest BCUT2D eigenvalue weighted by Gasteiger charge is 2.19. The molecule has 0 saturated carbocycles. The minimum atomic E-state index is -2.49. The largest absolute Gasteiger partial charge is 0.480 e. The Morgan fingerprint density at radius 1 is 1.35 bits per heavy atom. The van der Waals surface area contributed by atoms with Crippen LogP contribution in [-0.2, 0) is 4.74 Å². The number of rotatable bonds is 9. The molecule has 0 amide bonds. The molecule has 0 radical (unpaired) electrons. The number of alkyl halides is 2. The van der Waals surface area contributed by atoms with Gasteiger partial charge in [-0.1, -0.05) is 0 Å². The summed E-state index contributed by atoms with van der Waals surface area (Å²) in [6, 6.07) is -0.430. The van der Waals surface area contributed by atoms with Crippen molar-refractivity contribution < 1.29 is 23.0 Å². The zero-order valence-electron chi connectivity index (χ0n) is 11.3. The number of nitrogens with zero attached hydrogens (tertiary/aromatic N) is 2. The van der Waals surface area contributed by atoms with Crippen LogP contribution in [0.5, 0.6) is 11.8 Å². The summed E-state index contributed by atoms with van der Waals surface area (Å²) in [6.07, 6.45) is -0.724. The summed E-state index contributed by atoms with van der Waals surface area (Å²) in [4.78, 5) is 8.22. The van der Waals surface area contributed by atoms with Crippen LogP contribution in [0.4, 0.5) is 8.78 Å². The van der Waals surface area contributed by atoms with E-state index < -0.39 is 19.1 Å². The molecule has 9 heteroatoms. The maximum absolute atomic E-state index is 11.9. The highest BCUT2D eigenvalue weighted by molar-refractivity contribution is 5.25. The van der Waals surface area contributed by atoms with E-state index in [1.165, 1.54) is 20.4 Å². The first kappa shape index (κ1) is 16.5. The van der Waals surface area contributed by atoms with E-state index in [2.05, 4.69) is 15.4 Å². The Morgan fingerprint density at radius 3 is 2.65 bits per heavy atom. The van der Waals surface area contributed by atoms with Crippen molar-refractivity contribution in [1.29, 1.82) is 0 Å². The van der Waals surface area contributed by atoms with Gasteiger partial charge in [-0.2, -0.15) is 4.98 Å². The van der Waals surface area contributed by atoms with E-state index >= 15 is 0 Å². The molecule has 20 heavy (non-hydrogen) atoms. The van der Waals surface area contributed by atoms with Gasteiger partial charge in [0.15, 0.2) is 0 Å². The number of hydrazine groups is 1. The van der Waals surface area contributed by atoms with Crippen molar-refractivity contribution in [2.45, 2.75) is 18.9 Å². The minimum Gasteiger partial charge on any atom is -0.480 e. The van der Waals surface area contributed by atoms with Crippen LogP contribution in [0.15, 0.2) is 6.20 Å². The summed E-state index contributed by atoms with van der Waals surface area (Å²) in [7, 11) is 2.90. The van der Waals surface area contributed by atoms with Crippen LogP contribution in [0.3, 0.4) is 0 Å². The Kier molecular flexibility index (Phi) is 7.05. The van der Waals surface area contributed by atoms with Gasteiger partial charge in [0.2, 0.25) is 11.8 Å². The second-order valence-electron chi connectivity index (χ2n) is 3.78. The lowest BCUT2D eigenvalue weighted by Crippen LogP contribution is -2.30. The van der Waals surface area contributed by atoms with Crippen molar-refractivity contribution in [3.63, 3.8) is 0 Å². The number of nitrogens with one attached hydrogen (secondary N) is 1. The number of ether oxygens (including phenoxy) is 3. The average Bonchev–Trinajstić information content (AvgIpc) is 2.46. The number of aromatic nitrogens is 2. The fourth-order valence-corrected chi connectivity index (χ4v) is 1.53. The lowest BCUT2D eigenvalue weighted by atomic mass is 10.1. The van der Waals surface area contributed by atoms with Gasteiger partial charge in [0.25, 0.3) is 6.43 Å². The Morgan fingerprint density at radius 2 is 2.10 bits per heavy atom. The number of nitrogens with two attached hydrogens (primary N) is 1. The predicted octanol–water partition coefficient (Wildman–Crippen LogP) is 0.670. The van der Waals surface area contributed by atoms with Crippen molar-refractivity contribution in [2.24, 2.45) is 5.84 Å². The third kappa shape index (κ3) is 4.83. The number of halogens is 2. The normalized spacial score (nSPS) is 12.5. The van der Waals surface area contributed by atoms with E-state index in [4.69, 9.17) is 20.1 Å². The van der Waals surface area contributed by atoms with Crippen LogP contribution < -0.4 is 20.7 Å². The number of methoxy groups -OCH3 is 2. The lowest BCUT2D eigenvalue weighted by molar-refractivity contribution is 0.0142. The number of hydrogen-bond donors (Lipinski definition) is 2. The average molecular weight is 292 g/mol. The molecule has 1 heterocycles. The monoisotopic (exact) mass is 292 g/mol. The van der Waals surface area contributed by atoms with Gasteiger partial charge < -0.3 is 14.2 Å². The molecule has 0 fully saturated rings. The van der Waals surface area contributed by atoms with Gasteiger partial charge in [0, 0.05) is 6.61 Å². The smallest absolute Gasteiger partial charge is 0.261 e.